The molecule has 1 saturated carbocycles. The van der Waals surface area contributed by atoms with Crippen LogP contribution in [0.4, 0.5) is 0 Å². The molecule has 1 amide bonds. The van der Waals surface area contributed by atoms with Crippen LogP contribution >= 0.6 is 0 Å². The van der Waals surface area contributed by atoms with Crippen molar-refractivity contribution in [2.45, 2.75) is 62.9 Å². The summed E-state index contributed by atoms with van der Waals surface area (Å²) in [7, 11) is 2.25. The summed E-state index contributed by atoms with van der Waals surface area (Å²) < 4.78 is 0. The Morgan fingerprint density at radius 2 is 1.57 bits per heavy atom. The molecule has 1 aromatic carbocycles. The second-order valence-corrected chi connectivity index (χ2v) is 9.94. The molecule has 28 heavy (non-hydrogen) atoms. The third-order valence-corrected chi connectivity index (χ3v) is 7.98. The van der Waals surface area contributed by atoms with E-state index in [9.17, 15) is 4.79 Å². The fourth-order valence-corrected chi connectivity index (χ4v) is 5.95. The average Bonchev–Trinajstić information content (AvgIpc) is 3.57. The Morgan fingerprint density at radius 3 is 2.21 bits per heavy atom. The van der Waals surface area contributed by atoms with Gasteiger partial charge in [0.15, 0.2) is 0 Å². The van der Waals surface area contributed by atoms with Gasteiger partial charge in [-0.1, -0.05) is 30.3 Å². The normalized spacial score (nSPS) is 30.1. The van der Waals surface area contributed by atoms with Crippen molar-refractivity contribution in [3.05, 3.63) is 35.9 Å². The molecule has 4 nitrogen and oxygen atoms in total. The summed E-state index contributed by atoms with van der Waals surface area (Å²) >= 11 is 0. The van der Waals surface area contributed by atoms with Gasteiger partial charge in [-0.2, -0.15) is 0 Å². The molecule has 3 saturated heterocycles. The molecule has 152 valence electrons. The van der Waals surface area contributed by atoms with Gasteiger partial charge in [0.2, 0.25) is 5.91 Å². The molecule has 0 aromatic heterocycles. The van der Waals surface area contributed by atoms with E-state index in [2.05, 4.69) is 52.1 Å². The Kier molecular flexibility index (Phi) is 4.96. The molecule has 5 rings (SSSR count). The zero-order valence-corrected chi connectivity index (χ0v) is 17.4. The molecule has 0 N–H and O–H groups in total. The number of carbonyl (C=O) groups is 1. The number of carbonyl (C=O) groups excluding carboxylic acids is 1. The fourth-order valence-electron chi connectivity index (χ4n) is 5.95. The molecule has 1 spiro atoms. The Bertz CT molecular complexity index is 685. The topological polar surface area (TPSA) is 26.8 Å². The van der Waals surface area contributed by atoms with Gasteiger partial charge < -0.3 is 14.7 Å². The summed E-state index contributed by atoms with van der Waals surface area (Å²) in [6.07, 6.45) is 8.65. The molecule has 4 fully saturated rings. The van der Waals surface area contributed by atoms with Crippen molar-refractivity contribution in [2.24, 2.45) is 5.41 Å². The summed E-state index contributed by atoms with van der Waals surface area (Å²) in [5.74, 6) is 0.475. The third kappa shape index (κ3) is 3.61. The maximum absolute atomic E-state index is 13.3. The number of piperidine rings is 3. The number of hydrogen-bond donors (Lipinski definition) is 0. The van der Waals surface area contributed by atoms with E-state index in [4.69, 9.17) is 0 Å². The second kappa shape index (κ2) is 7.46. The van der Waals surface area contributed by atoms with Gasteiger partial charge in [0, 0.05) is 18.6 Å². The zero-order chi connectivity index (χ0) is 19.1. The molecule has 4 aliphatic rings. The Balaban J connectivity index is 1.31. The predicted molar refractivity (Wildman–Crippen MR) is 112 cm³/mol. The van der Waals surface area contributed by atoms with Crippen molar-refractivity contribution in [1.29, 1.82) is 0 Å². The monoisotopic (exact) mass is 381 g/mol. The minimum absolute atomic E-state index is 0.0745. The first-order chi connectivity index (χ1) is 13.6. The summed E-state index contributed by atoms with van der Waals surface area (Å²) in [6.45, 7) is 5.95. The number of likely N-dealkylation sites (tertiary alicyclic amines) is 3. The lowest BCUT2D eigenvalue weighted by Crippen LogP contribution is -2.56. The lowest BCUT2D eigenvalue weighted by atomic mass is 9.67. The van der Waals surface area contributed by atoms with E-state index in [1.165, 1.54) is 70.3 Å². The Labute approximate surface area is 169 Å². The van der Waals surface area contributed by atoms with Crippen molar-refractivity contribution >= 4 is 5.91 Å². The van der Waals surface area contributed by atoms with Crippen molar-refractivity contribution in [3.8, 4) is 0 Å². The average molecular weight is 382 g/mol. The maximum atomic E-state index is 13.3. The van der Waals surface area contributed by atoms with Gasteiger partial charge in [-0.25, -0.2) is 0 Å². The van der Waals surface area contributed by atoms with Crippen LogP contribution in [-0.4, -0.2) is 72.5 Å². The Morgan fingerprint density at radius 1 is 0.893 bits per heavy atom. The van der Waals surface area contributed by atoms with Gasteiger partial charge in [-0.3, -0.25) is 4.79 Å². The van der Waals surface area contributed by atoms with E-state index in [1.54, 1.807) is 0 Å². The predicted octanol–water partition coefficient (Wildman–Crippen LogP) is 3.34. The van der Waals surface area contributed by atoms with E-state index in [0.29, 0.717) is 17.4 Å². The summed E-state index contributed by atoms with van der Waals surface area (Å²) in [5, 5.41) is 0. The first-order valence-corrected chi connectivity index (χ1v) is 11.4. The van der Waals surface area contributed by atoms with Gasteiger partial charge in [0.25, 0.3) is 0 Å². The van der Waals surface area contributed by atoms with Crippen LogP contribution in [0.5, 0.6) is 0 Å². The lowest BCUT2D eigenvalue weighted by molar-refractivity contribution is -0.142. The van der Waals surface area contributed by atoms with Gasteiger partial charge >= 0.3 is 0 Å². The Hall–Kier alpha value is -1.39. The molecular weight excluding hydrogens is 346 g/mol. The van der Waals surface area contributed by atoms with Crippen molar-refractivity contribution < 1.29 is 4.79 Å². The van der Waals surface area contributed by atoms with Crippen LogP contribution in [-0.2, 0) is 4.79 Å². The van der Waals surface area contributed by atoms with Gasteiger partial charge in [-0.05, 0) is 89.2 Å². The summed E-state index contributed by atoms with van der Waals surface area (Å²) in [4.78, 5) is 20.8. The standard InChI is InChI=1S/C24H35N3O/c1-25-13-9-20(10-14-25)26-15-11-24(12-16-26)17-22(19-5-3-2-4-6-19)23(28)27(18-24)21-7-8-21/h2-6,20-22H,7-18H2,1H3/t22-/m1/s1. The number of hydrogen-bond acceptors (Lipinski definition) is 3. The van der Waals surface area contributed by atoms with E-state index < -0.39 is 0 Å². The van der Waals surface area contributed by atoms with E-state index in [-0.39, 0.29) is 5.92 Å². The number of rotatable bonds is 3. The second-order valence-electron chi connectivity index (χ2n) is 9.94. The van der Waals surface area contributed by atoms with Crippen LogP contribution in [0.25, 0.3) is 0 Å². The van der Waals surface area contributed by atoms with Gasteiger partial charge in [0.05, 0.1) is 5.92 Å². The summed E-state index contributed by atoms with van der Waals surface area (Å²) in [5.41, 5.74) is 1.56. The molecule has 0 unspecified atom stereocenters. The minimum atomic E-state index is 0.0745. The quantitative estimate of drug-likeness (QED) is 0.803. The molecule has 1 aliphatic carbocycles. The van der Waals surface area contributed by atoms with Crippen molar-refractivity contribution in [2.75, 3.05) is 39.8 Å². The first kappa shape index (κ1) is 18.6. The van der Waals surface area contributed by atoms with Crippen molar-refractivity contribution in [1.82, 2.24) is 14.7 Å². The van der Waals surface area contributed by atoms with Crippen LogP contribution in [0.1, 0.15) is 56.4 Å². The fraction of sp³-hybridized carbons (Fsp3) is 0.708. The molecule has 3 heterocycles. The third-order valence-electron chi connectivity index (χ3n) is 7.98. The van der Waals surface area contributed by atoms with Crippen LogP contribution in [0, 0.1) is 5.41 Å². The maximum Gasteiger partial charge on any atom is 0.230 e. The highest BCUT2D eigenvalue weighted by Crippen LogP contribution is 2.48. The molecule has 1 aromatic rings. The van der Waals surface area contributed by atoms with Crippen LogP contribution in [0.3, 0.4) is 0 Å². The number of amides is 1. The smallest absolute Gasteiger partial charge is 0.230 e. The molecule has 1 atom stereocenters. The minimum Gasteiger partial charge on any atom is -0.339 e. The van der Waals surface area contributed by atoms with Crippen molar-refractivity contribution in [3.63, 3.8) is 0 Å². The van der Waals surface area contributed by atoms with Crippen LogP contribution in [0.2, 0.25) is 0 Å². The van der Waals surface area contributed by atoms with Crippen LogP contribution < -0.4 is 0 Å². The molecule has 0 radical (unpaired) electrons. The van der Waals surface area contributed by atoms with Gasteiger partial charge in [-0.15, -0.1) is 0 Å². The molecule has 0 bridgehead atoms. The number of benzene rings is 1. The van der Waals surface area contributed by atoms with E-state index in [1.807, 2.05) is 0 Å². The largest absolute Gasteiger partial charge is 0.339 e. The van der Waals surface area contributed by atoms with E-state index >= 15 is 0 Å². The van der Waals surface area contributed by atoms with E-state index in [0.717, 1.165) is 19.0 Å². The highest BCUT2D eigenvalue weighted by atomic mass is 16.2. The number of nitrogens with zero attached hydrogens (tertiary/aromatic N) is 3. The summed E-state index contributed by atoms with van der Waals surface area (Å²) in [6, 6.07) is 11.9. The molecule has 3 aliphatic heterocycles. The van der Waals surface area contributed by atoms with Crippen LogP contribution in [0.15, 0.2) is 30.3 Å². The SMILES string of the molecule is CN1CCC(N2CCC3(CC2)C[C@H](c2ccccc2)C(=O)N(C2CC2)C3)CC1. The van der Waals surface area contributed by atoms with Gasteiger partial charge in [0.1, 0.15) is 0 Å². The highest BCUT2D eigenvalue weighted by molar-refractivity contribution is 5.85. The highest BCUT2D eigenvalue weighted by Gasteiger charge is 2.49. The molecular formula is C24H35N3O. The first-order valence-electron chi connectivity index (χ1n) is 11.4. The lowest BCUT2D eigenvalue weighted by Gasteiger charge is -2.51. The zero-order valence-electron chi connectivity index (χ0n) is 17.4. The molecule has 4 heteroatoms.